The third kappa shape index (κ3) is 3.58. The number of aryl methyl sites for hydroxylation is 1. The van der Waals surface area contributed by atoms with Crippen LogP contribution in [0, 0.1) is 6.92 Å². The van der Waals surface area contributed by atoms with Gasteiger partial charge in [0, 0.05) is 12.4 Å². The van der Waals surface area contributed by atoms with Gasteiger partial charge in [-0.15, -0.1) is 0 Å². The standard InChI is InChI=1S/C12H18N2O4/c1-4-17-11(15)8-10(12(16)18-5-2)14-7-6-13-9(14)3/h6-7,10H,4-5,8H2,1-3H3. The first-order chi connectivity index (χ1) is 8.60. The van der Waals surface area contributed by atoms with E-state index in [-0.39, 0.29) is 19.6 Å². The number of nitrogens with zero attached hydrogens (tertiary/aromatic N) is 2. The van der Waals surface area contributed by atoms with Gasteiger partial charge in [0.05, 0.1) is 19.6 Å². The van der Waals surface area contributed by atoms with Crippen molar-refractivity contribution in [3.8, 4) is 0 Å². The highest BCUT2D eigenvalue weighted by atomic mass is 16.5. The van der Waals surface area contributed by atoms with E-state index in [0.29, 0.717) is 5.82 Å². The molecule has 0 aliphatic carbocycles. The van der Waals surface area contributed by atoms with Gasteiger partial charge in [-0.3, -0.25) is 4.79 Å². The van der Waals surface area contributed by atoms with Gasteiger partial charge in [-0.2, -0.15) is 0 Å². The second-order valence-electron chi connectivity index (χ2n) is 3.66. The number of imidazole rings is 1. The van der Waals surface area contributed by atoms with Crippen LogP contribution in [0.5, 0.6) is 0 Å². The fraction of sp³-hybridized carbons (Fsp3) is 0.583. The maximum atomic E-state index is 11.9. The third-order valence-corrected chi connectivity index (χ3v) is 2.42. The number of ether oxygens (including phenoxy) is 2. The van der Waals surface area contributed by atoms with E-state index in [1.165, 1.54) is 0 Å². The molecule has 1 heterocycles. The Morgan fingerprint density at radius 1 is 1.33 bits per heavy atom. The predicted octanol–water partition coefficient (Wildman–Crippen LogP) is 1.25. The minimum atomic E-state index is -0.716. The maximum Gasteiger partial charge on any atom is 0.329 e. The minimum absolute atomic E-state index is 0.0517. The van der Waals surface area contributed by atoms with Crippen LogP contribution in [0.15, 0.2) is 12.4 Å². The van der Waals surface area contributed by atoms with Crippen LogP contribution >= 0.6 is 0 Å². The van der Waals surface area contributed by atoms with Crippen molar-refractivity contribution in [2.75, 3.05) is 13.2 Å². The summed E-state index contributed by atoms with van der Waals surface area (Å²) in [7, 11) is 0. The van der Waals surface area contributed by atoms with Crippen molar-refractivity contribution < 1.29 is 19.1 Å². The Labute approximate surface area is 106 Å². The Balaban J connectivity index is 2.85. The van der Waals surface area contributed by atoms with Gasteiger partial charge < -0.3 is 14.0 Å². The van der Waals surface area contributed by atoms with Gasteiger partial charge in [0.1, 0.15) is 11.9 Å². The molecule has 0 amide bonds. The summed E-state index contributed by atoms with van der Waals surface area (Å²) in [4.78, 5) is 27.4. The van der Waals surface area contributed by atoms with Gasteiger partial charge in [-0.25, -0.2) is 9.78 Å². The molecule has 6 nitrogen and oxygen atoms in total. The summed E-state index contributed by atoms with van der Waals surface area (Å²) < 4.78 is 11.4. The van der Waals surface area contributed by atoms with Crippen molar-refractivity contribution in [2.45, 2.75) is 33.2 Å². The molecule has 0 saturated heterocycles. The van der Waals surface area contributed by atoms with E-state index < -0.39 is 18.0 Å². The van der Waals surface area contributed by atoms with Gasteiger partial charge in [0.15, 0.2) is 0 Å². The normalized spacial score (nSPS) is 11.9. The fourth-order valence-corrected chi connectivity index (χ4v) is 1.63. The molecule has 0 radical (unpaired) electrons. The SMILES string of the molecule is CCOC(=O)CC(C(=O)OCC)n1ccnc1C. The number of carbonyl (C=O) groups excluding carboxylic acids is 2. The van der Waals surface area contributed by atoms with Gasteiger partial charge >= 0.3 is 11.9 Å². The van der Waals surface area contributed by atoms with E-state index in [1.54, 1.807) is 37.7 Å². The summed E-state index contributed by atoms with van der Waals surface area (Å²) in [5, 5.41) is 0. The monoisotopic (exact) mass is 254 g/mol. The molecule has 1 aromatic heterocycles. The predicted molar refractivity (Wildman–Crippen MR) is 63.9 cm³/mol. The Morgan fingerprint density at radius 2 is 2.00 bits per heavy atom. The fourth-order valence-electron chi connectivity index (χ4n) is 1.63. The maximum absolute atomic E-state index is 11.9. The molecule has 0 aliphatic rings. The first kappa shape index (κ1) is 14.2. The molecule has 1 atom stereocenters. The van der Waals surface area contributed by atoms with E-state index in [2.05, 4.69) is 4.98 Å². The van der Waals surface area contributed by atoms with Gasteiger partial charge in [-0.05, 0) is 20.8 Å². The lowest BCUT2D eigenvalue weighted by atomic mass is 10.2. The first-order valence-corrected chi connectivity index (χ1v) is 5.91. The number of rotatable bonds is 6. The van der Waals surface area contributed by atoms with E-state index in [1.807, 2.05) is 0 Å². The molecule has 0 fully saturated rings. The van der Waals surface area contributed by atoms with Crippen LogP contribution < -0.4 is 0 Å². The zero-order valence-electron chi connectivity index (χ0n) is 10.9. The first-order valence-electron chi connectivity index (χ1n) is 5.91. The number of aromatic nitrogens is 2. The highest BCUT2D eigenvalue weighted by Crippen LogP contribution is 2.16. The lowest BCUT2D eigenvalue weighted by Crippen LogP contribution is -2.26. The molecule has 0 spiro atoms. The zero-order valence-corrected chi connectivity index (χ0v) is 10.9. The topological polar surface area (TPSA) is 70.4 Å². The average Bonchev–Trinajstić information content (AvgIpc) is 2.73. The van der Waals surface area contributed by atoms with Crippen LogP contribution in [0.3, 0.4) is 0 Å². The lowest BCUT2D eigenvalue weighted by molar-refractivity contribution is -0.153. The molecule has 1 aromatic rings. The minimum Gasteiger partial charge on any atom is -0.466 e. The van der Waals surface area contributed by atoms with Crippen LogP contribution in [0.25, 0.3) is 0 Å². The van der Waals surface area contributed by atoms with E-state index in [4.69, 9.17) is 9.47 Å². The molecule has 1 rings (SSSR count). The number of hydrogen-bond donors (Lipinski definition) is 0. The third-order valence-electron chi connectivity index (χ3n) is 2.42. The van der Waals surface area contributed by atoms with E-state index in [0.717, 1.165) is 0 Å². The van der Waals surface area contributed by atoms with Crippen LogP contribution in [0.2, 0.25) is 0 Å². The van der Waals surface area contributed by atoms with Gasteiger partial charge in [0.25, 0.3) is 0 Å². The second-order valence-corrected chi connectivity index (χ2v) is 3.66. The largest absolute Gasteiger partial charge is 0.466 e. The quantitative estimate of drug-likeness (QED) is 0.714. The summed E-state index contributed by atoms with van der Waals surface area (Å²) in [5.41, 5.74) is 0. The smallest absolute Gasteiger partial charge is 0.329 e. The van der Waals surface area contributed by atoms with Crippen molar-refractivity contribution in [1.29, 1.82) is 0 Å². The zero-order chi connectivity index (χ0) is 13.5. The molecule has 1 unspecified atom stereocenters. The molecule has 6 heteroatoms. The van der Waals surface area contributed by atoms with E-state index >= 15 is 0 Å². The van der Waals surface area contributed by atoms with Crippen molar-refractivity contribution in [1.82, 2.24) is 9.55 Å². The van der Waals surface area contributed by atoms with Crippen molar-refractivity contribution in [2.24, 2.45) is 0 Å². The second kappa shape index (κ2) is 6.78. The number of carbonyl (C=O) groups is 2. The summed E-state index contributed by atoms with van der Waals surface area (Å²) in [5.74, 6) is -0.229. The van der Waals surface area contributed by atoms with Crippen LogP contribution in [0.1, 0.15) is 32.1 Å². The van der Waals surface area contributed by atoms with Crippen LogP contribution in [0.4, 0.5) is 0 Å². The lowest BCUT2D eigenvalue weighted by Gasteiger charge is -2.17. The summed E-state index contributed by atoms with van der Waals surface area (Å²) in [6, 6.07) is -0.716. The van der Waals surface area contributed by atoms with E-state index in [9.17, 15) is 9.59 Å². The Hall–Kier alpha value is -1.85. The molecule has 0 saturated carbocycles. The molecule has 18 heavy (non-hydrogen) atoms. The van der Waals surface area contributed by atoms with Crippen molar-refractivity contribution >= 4 is 11.9 Å². The highest BCUT2D eigenvalue weighted by molar-refractivity contribution is 5.81. The highest BCUT2D eigenvalue weighted by Gasteiger charge is 2.26. The molecule has 0 aliphatic heterocycles. The Bertz CT molecular complexity index is 414. The Morgan fingerprint density at radius 3 is 2.50 bits per heavy atom. The number of esters is 2. The average molecular weight is 254 g/mol. The van der Waals surface area contributed by atoms with Crippen LogP contribution in [-0.4, -0.2) is 34.7 Å². The molecular formula is C12H18N2O4. The van der Waals surface area contributed by atoms with Crippen molar-refractivity contribution in [3.63, 3.8) is 0 Å². The van der Waals surface area contributed by atoms with Crippen LogP contribution in [-0.2, 0) is 19.1 Å². The molecular weight excluding hydrogens is 236 g/mol. The molecule has 0 bridgehead atoms. The Kier molecular flexibility index (Phi) is 5.35. The molecule has 0 aromatic carbocycles. The summed E-state index contributed by atoms with van der Waals surface area (Å²) in [6.45, 7) is 5.76. The molecule has 0 N–H and O–H groups in total. The number of hydrogen-bond acceptors (Lipinski definition) is 5. The summed E-state index contributed by atoms with van der Waals surface area (Å²) >= 11 is 0. The van der Waals surface area contributed by atoms with Gasteiger partial charge in [-0.1, -0.05) is 0 Å². The van der Waals surface area contributed by atoms with Gasteiger partial charge in [0.2, 0.25) is 0 Å². The van der Waals surface area contributed by atoms with Crippen molar-refractivity contribution in [3.05, 3.63) is 18.2 Å². The molecule has 100 valence electrons. The summed E-state index contributed by atoms with van der Waals surface area (Å²) in [6.07, 6.45) is 3.17.